The zero-order valence-electron chi connectivity index (χ0n) is 12.9. The van der Waals surface area contributed by atoms with Gasteiger partial charge in [0.05, 0.1) is 16.1 Å². The molecule has 118 valence electrons. The van der Waals surface area contributed by atoms with Gasteiger partial charge < -0.3 is 9.84 Å². The van der Waals surface area contributed by atoms with E-state index < -0.39 is 0 Å². The fourth-order valence-corrected chi connectivity index (χ4v) is 3.56. The summed E-state index contributed by atoms with van der Waals surface area (Å²) >= 11 is 7.40. The van der Waals surface area contributed by atoms with Gasteiger partial charge in [0.25, 0.3) is 5.91 Å². The molecule has 0 unspecified atom stereocenters. The summed E-state index contributed by atoms with van der Waals surface area (Å²) in [5, 5.41) is 7.45. The maximum atomic E-state index is 12.4. The number of hydrogen-bond acceptors (Lipinski definition) is 4. The van der Waals surface area contributed by atoms with Crippen LogP contribution in [-0.2, 0) is 0 Å². The van der Waals surface area contributed by atoms with Crippen LogP contribution in [0.2, 0.25) is 5.02 Å². The van der Waals surface area contributed by atoms with Crippen molar-refractivity contribution in [2.45, 2.75) is 20.8 Å². The fraction of sp³-hybridized carbons (Fsp3) is 0.176. The number of halogens is 1. The highest BCUT2D eigenvalue weighted by Crippen LogP contribution is 2.33. The number of benzene rings is 1. The number of nitrogens with zero attached hydrogens (tertiary/aromatic N) is 1. The maximum Gasteiger partial charge on any atom is 0.265 e. The lowest BCUT2D eigenvalue weighted by Crippen LogP contribution is -2.11. The van der Waals surface area contributed by atoms with Crippen molar-refractivity contribution in [3.8, 4) is 10.4 Å². The minimum Gasteiger partial charge on any atom is -0.361 e. The number of nitrogens with one attached hydrogen (secondary N) is 1. The van der Waals surface area contributed by atoms with Gasteiger partial charge in [-0.3, -0.25) is 4.79 Å². The molecule has 2 aromatic heterocycles. The van der Waals surface area contributed by atoms with E-state index in [1.807, 2.05) is 32.9 Å². The molecule has 0 atom stereocenters. The molecular formula is C17H15ClN2O2S. The number of hydrogen-bond donors (Lipinski definition) is 1. The molecule has 0 spiro atoms. The van der Waals surface area contributed by atoms with Crippen LogP contribution in [0.25, 0.3) is 10.4 Å². The second-order valence-electron chi connectivity index (χ2n) is 5.28. The van der Waals surface area contributed by atoms with Crippen molar-refractivity contribution in [2.24, 2.45) is 0 Å². The van der Waals surface area contributed by atoms with Gasteiger partial charge >= 0.3 is 0 Å². The predicted molar refractivity (Wildman–Crippen MR) is 93.4 cm³/mol. The summed E-state index contributed by atoms with van der Waals surface area (Å²) in [6, 6.07) is 9.14. The number of anilines is 1. The molecule has 6 heteroatoms. The lowest BCUT2D eigenvalue weighted by Gasteiger charge is -2.07. The molecule has 0 radical (unpaired) electrons. The Morgan fingerprint density at radius 3 is 2.70 bits per heavy atom. The molecule has 3 rings (SSSR count). The number of amides is 1. The van der Waals surface area contributed by atoms with Gasteiger partial charge in [0.2, 0.25) is 0 Å². The van der Waals surface area contributed by atoms with Crippen molar-refractivity contribution in [3.05, 3.63) is 57.2 Å². The van der Waals surface area contributed by atoms with Crippen molar-refractivity contribution in [1.82, 2.24) is 5.16 Å². The van der Waals surface area contributed by atoms with Crippen molar-refractivity contribution in [2.75, 3.05) is 5.32 Å². The van der Waals surface area contributed by atoms with Crippen LogP contribution in [-0.4, -0.2) is 11.1 Å². The molecule has 23 heavy (non-hydrogen) atoms. The summed E-state index contributed by atoms with van der Waals surface area (Å²) < 4.78 is 5.19. The van der Waals surface area contributed by atoms with Gasteiger partial charge in [0.1, 0.15) is 5.76 Å². The monoisotopic (exact) mass is 346 g/mol. The number of aryl methyl sites for hydroxylation is 3. The average molecular weight is 347 g/mol. The van der Waals surface area contributed by atoms with Gasteiger partial charge in [-0.15, -0.1) is 11.3 Å². The molecule has 0 saturated carbocycles. The topological polar surface area (TPSA) is 55.1 Å². The average Bonchev–Trinajstić information content (AvgIpc) is 3.10. The van der Waals surface area contributed by atoms with Crippen LogP contribution < -0.4 is 5.32 Å². The zero-order valence-corrected chi connectivity index (χ0v) is 14.5. The van der Waals surface area contributed by atoms with Crippen LogP contribution >= 0.6 is 22.9 Å². The van der Waals surface area contributed by atoms with E-state index >= 15 is 0 Å². The van der Waals surface area contributed by atoms with Gasteiger partial charge in [-0.2, -0.15) is 0 Å². The first-order valence-electron chi connectivity index (χ1n) is 7.06. The molecule has 0 aliphatic rings. The standard InChI is InChI=1S/C17H15ClN2O2S/c1-9-4-5-12(18)8-13(9)19-17(21)15-7-6-14(23-15)16-10(2)20-22-11(16)3/h4-8H,1-3H3,(H,19,21). The summed E-state index contributed by atoms with van der Waals surface area (Å²) in [6.45, 7) is 5.68. The summed E-state index contributed by atoms with van der Waals surface area (Å²) in [4.78, 5) is 14.0. The van der Waals surface area contributed by atoms with Crippen molar-refractivity contribution in [1.29, 1.82) is 0 Å². The van der Waals surface area contributed by atoms with Crippen LogP contribution in [0.15, 0.2) is 34.9 Å². The van der Waals surface area contributed by atoms with E-state index in [0.717, 1.165) is 33.1 Å². The van der Waals surface area contributed by atoms with Gasteiger partial charge in [0.15, 0.2) is 0 Å². The first kappa shape index (κ1) is 15.8. The smallest absolute Gasteiger partial charge is 0.265 e. The summed E-state index contributed by atoms with van der Waals surface area (Å²) in [5.74, 6) is 0.598. The normalized spacial score (nSPS) is 10.8. The zero-order chi connectivity index (χ0) is 16.6. The first-order valence-corrected chi connectivity index (χ1v) is 8.25. The molecular weight excluding hydrogens is 332 g/mol. The number of carbonyl (C=O) groups is 1. The first-order chi connectivity index (χ1) is 11.0. The molecule has 0 saturated heterocycles. The Hall–Kier alpha value is -2.11. The van der Waals surface area contributed by atoms with E-state index in [1.165, 1.54) is 11.3 Å². The lowest BCUT2D eigenvalue weighted by molar-refractivity contribution is 0.103. The second kappa shape index (κ2) is 6.18. The molecule has 1 amide bonds. The largest absolute Gasteiger partial charge is 0.361 e. The minimum absolute atomic E-state index is 0.154. The Morgan fingerprint density at radius 2 is 2.00 bits per heavy atom. The third kappa shape index (κ3) is 3.16. The predicted octanol–water partition coefficient (Wildman–Crippen LogP) is 5.23. The number of aromatic nitrogens is 1. The van der Waals surface area contributed by atoms with E-state index in [-0.39, 0.29) is 5.91 Å². The highest BCUT2D eigenvalue weighted by atomic mass is 35.5. The van der Waals surface area contributed by atoms with E-state index in [4.69, 9.17) is 16.1 Å². The van der Waals surface area contributed by atoms with Crippen LogP contribution in [0.1, 0.15) is 26.7 Å². The Labute approximate surface area is 143 Å². The number of thiophene rings is 1. The van der Waals surface area contributed by atoms with Crippen LogP contribution in [0.5, 0.6) is 0 Å². The van der Waals surface area contributed by atoms with Crippen molar-refractivity contribution >= 4 is 34.5 Å². The molecule has 0 aliphatic heterocycles. The molecule has 3 aromatic rings. The molecule has 1 aromatic carbocycles. The van der Waals surface area contributed by atoms with E-state index in [1.54, 1.807) is 18.2 Å². The molecule has 4 nitrogen and oxygen atoms in total. The van der Waals surface area contributed by atoms with Crippen molar-refractivity contribution in [3.63, 3.8) is 0 Å². The second-order valence-corrected chi connectivity index (χ2v) is 6.80. The Bertz CT molecular complexity index is 863. The lowest BCUT2D eigenvalue weighted by atomic mass is 10.2. The highest BCUT2D eigenvalue weighted by Gasteiger charge is 2.16. The summed E-state index contributed by atoms with van der Waals surface area (Å²) in [5.41, 5.74) is 3.45. The van der Waals surface area contributed by atoms with Crippen LogP contribution in [0, 0.1) is 20.8 Å². The van der Waals surface area contributed by atoms with Crippen LogP contribution in [0.3, 0.4) is 0 Å². The quantitative estimate of drug-likeness (QED) is 0.706. The Balaban J connectivity index is 1.86. The molecule has 0 bridgehead atoms. The van der Waals surface area contributed by atoms with Gasteiger partial charge in [0, 0.05) is 15.6 Å². The van der Waals surface area contributed by atoms with Gasteiger partial charge in [-0.25, -0.2) is 0 Å². The SMILES string of the molecule is Cc1ccc(Cl)cc1NC(=O)c1ccc(-c2c(C)noc2C)s1. The molecule has 0 fully saturated rings. The number of carbonyl (C=O) groups excluding carboxylic acids is 1. The number of rotatable bonds is 3. The Kier molecular flexibility index (Phi) is 4.24. The van der Waals surface area contributed by atoms with E-state index in [0.29, 0.717) is 9.90 Å². The fourth-order valence-electron chi connectivity index (χ4n) is 2.34. The third-order valence-corrected chi connectivity index (χ3v) is 4.89. The maximum absolute atomic E-state index is 12.4. The highest BCUT2D eigenvalue weighted by molar-refractivity contribution is 7.17. The molecule has 1 N–H and O–H groups in total. The van der Waals surface area contributed by atoms with Gasteiger partial charge in [-0.1, -0.05) is 22.8 Å². The van der Waals surface area contributed by atoms with Crippen LogP contribution in [0.4, 0.5) is 5.69 Å². The molecule has 0 aliphatic carbocycles. The minimum atomic E-state index is -0.154. The van der Waals surface area contributed by atoms with E-state index in [9.17, 15) is 4.79 Å². The summed E-state index contributed by atoms with van der Waals surface area (Å²) in [7, 11) is 0. The van der Waals surface area contributed by atoms with Gasteiger partial charge in [-0.05, 0) is 50.6 Å². The van der Waals surface area contributed by atoms with Crippen molar-refractivity contribution < 1.29 is 9.32 Å². The summed E-state index contributed by atoms with van der Waals surface area (Å²) in [6.07, 6.45) is 0. The molecule has 2 heterocycles. The van der Waals surface area contributed by atoms with E-state index in [2.05, 4.69) is 10.5 Å². The Morgan fingerprint density at radius 1 is 1.22 bits per heavy atom. The third-order valence-electron chi connectivity index (χ3n) is 3.56.